The fourth-order valence-corrected chi connectivity index (χ4v) is 1.81. The molecule has 0 bridgehead atoms. The summed E-state index contributed by atoms with van der Waals surface area (Å²) >= 11 is 0. The van der Waals surface area contributed by atoms with E-state index in [0.29, 0.717) is 6.04 Å². The Kier molecular flexibility index (Phi) is 3.34. The molecule has 1 aliphatic rings. The van der Waals surface area contributed by atoms with Gasteiger partial charge < -0.3 is 10.4 Å². The van der Waals surface area contributed by atoms with Crippen LogP contribution in [0.3, 0.4) is 0 Å². The Morgan fingerprint density at radius 3 is 2.73 bits per heavy atom. The molecule has 11 heavy (non-hydrogen) atoms. The monoisotopic (exact) mass is 157 g/mol. The van der Waals surface area contributed by atoms with Crippen molar-refractivity contribution in [2.24, 2.45) is 5.92 Å². The summed E-state index contributed by atoms with van der Waals surface area (Å²) in [6.07, 6.45) is 3.91. The highest BCUT2D eigenvalue weighted by molar-refractivity contribution is 4.80. The fourth-order valence-electron chi connectivity index (χ4n) is 1.81. The van der Waals surface area contributed by atoms with Crippen LogP contribution in [0.5, 0.6) is 0 Å². The van der Waals surface area contributed by atoms with Crippen molar-refractivity contribution in [3.05, 3.63) is 0 Å². The van der Waals surface area contributed by atoms with E-state index in [1.165, 1.54) is 19.3 Å². The van der Waals surface area contributed by atoms with Crippen LogP contribution < -0.4 is 5.32 Å². The second-order valence-corrected chi connectivity index (χ2v) is 3.87. The predicted molar refractivity (Wildman–Crippen MR) is 46.5 cm³/mol. The number of rotatable bonds is 3. The molecule has 1 saturated carbocycles. The Balaban J connectivity index is 2.17. The molecular weight excluding hydrogens is 138 g/mol. The van der Waals surface area contributed by atoms with Crippen LogP contribution in [0, 0.1) is 5.92 Å². The van der Waals surface area contributed by atoms with Crippen molar-refractivity contribution in [3.63, 3.8) is 0 Å². The van der Waals surface area contributed by atoms with E-state index in [2.05, 4.69) is 12.2 Å². The average Bonchev–Trinajstić information content (AvgIpc) is 2.35. The first-order valence-electron chi connectivity index (χ1n) is 4.59. The minimum atomic E-state index is 0.255. The normalized spacial score (nSPS) is 34.1. The van der Waals surface area contributed by atoms with Crippen LogP contribution in [0.25, 0.3) is 0 Å². The number of aliphatic hydroxyl groups excluding tert-OH is 1. The van der Waals surface area contributed by atoms with E-state index in [4.69, 9.17) is 5.11 Å². The molecule has 2 heteroatoms. The van der Waals surface area contributed by atoms with Crippen molar-refractivity contribution in [3.8, 4) is 0 Å². The number of nitrogens with one attached hydrogen (secondary N) is 1. The maximum absolute atomic E-state index is 8.80. The largest absolute Gasteiger partial charge is 0.395 e. The highest BCUT2D eigenvalue weighted by atomic mass is 16.3. The van der Waals surface area contributed by atoms with Crippen LogP contribution >= 0.6 is 0 Å². The first-order chi connectivity index (χ1) is 5.22. The Labute approximate surface area is 69.0 Å². The molecule has 0 radical (unpaired) electrons. The molecule has 0 aromatic carbocycles. The van der Waals surface area contributed by atoms with E-state index in [0.717, 1.165) is 5.92 Å². The van der Waals surface area contributed by atoms with Gasteiger partial charge in [0, 0.05) is 12.1 Å². The molecule has 3 atom stereocenters. The Morgan fingerprint density at radius 2 is 2.27 bits per heavy atom. The van der Waals surface area contributed by atoms with Crippen molar-refractivity contribution in [1.82, 2.24) is 5.32 Å². The topological polar surface area (TPSA) is 32.3 Å². The summed E-state index contributed by atoms with van der Waals surface area (Å²) in [5, 5.41) is 12.2. The van der Waals surface area contributed by atoms with Gasteiger partial charge in [0.2, 0.25) is 0 Å². The summed E-state index contributed by atoms with van der Waals surface area (Å²) in [6, 6.07) is 0.928. The molecule has 0 amide bonds. The molecule has 1 fully saturated rings. The van der Waals surface area contributed by atoms with Crippen molar-refractivity contribution in [2.45, 2.75) is 45.2 Å². The SMILES string of the molecule is C[C@@H]1CC[C@H](N[C@H](C)CO)C1. The lowest BCUT2D eigenvalue weighted by Gasteiger charge is -2.16. The first kappa shape index (κ1) is 9.01. The summed E-state index contributed by atoms with van der Waals surface area (Å²) in [5.74, 6) is 0.874. The molecule has 1 rings (SSSR count). The van der Waals surface area contributed by atoms with Crippen molar-refractivity contribution >= 4 is 0 Å². The van der Waals surface area contributed by atoms with Crippen LogP contribution in [0.4, 0.5) is 0 Å². The smallest absolute Gasteiger partial charge is 0.0582 e. The zero-order valence-corrected chi connectivity index (χ0v) is 7.51. The predicted octanol–water partition coefficient (Wildman–Crippen LogP) is 1.15. The summed E-state index contributed by atoms with van der Waals surface area (Å²) in [5.41, 5.74) is 0. The van der Waals surface area contributed by atoms with E-state index in [-0.39, 0.29) is 12.6 Å². The van der Waals surface area contributed by atoms with E-state index < -0.39 is 0 Å². The molecule has 0 aromatic rings. The minimum absolute atomic E-state index is 0.255. The summed E-state index contributed by atoms with van der Waals surface area (Å²) in [4.78, 5) is 0. The van der Waals surface area contributed by atoms with Gasteiger partial charge >= 0.3 is 0 Å². The Morgan fingerprint density at radius 1 is 1.55 bits per heavy atom. The van der Waals surface area contributed by atoms with Crippen LogP contribution in [-0.4, -0.2) is 23.8 Å². The number of aliphatic hydroxyl groups is 1. The van der Waals surface area contributed by atoms with Gasteiger partial charge in [0.05, 0.1) is 6.61 Å². The summed E-state index contributed by atoms with van der Waals surface area (Å²) in [6.45, 7) is 4.58. The molecule has 2 N–H and O–H groups in total. The van der Waals surface area contributed by atoms with Crippen molar-refractivity contribution in [1.29, 1.82) is 0 Å². The third-order valence-corrected chi connectivity index (χ3v) is 2.49. The van der Waals surface area contributed by atoms with E-state index in [1.54, 1.807) is 0 Å². The van der Waals surface area contributed by atoms with Crippen molar-refractivity contribution < 1.29 is 5.11 Å². The Bertz CT molecular complexity index is 116. The van der Waals surface area contributed by atoms with Crippen LogP contribution in [-0.2, 0) is 0 Å². The fraction of sp³-hybridized carbons (Fsp3) is 1.00. The lowest BCUT2D eigenvalue weighted by atomic mass is 10.1. The molecule has 0 heterocycles. The van der Waals surface area contributed by atoms with E-state index in [1.807, 2.05) is 6.92 Å². The number of hydrogen-bond acceptors (Lipinski definition) is 2. The van der Waals surface area contributed by atoms with Gasteiger partial charge in [-0.15, -0.1) is 0 Å². The maximum Gasteiger partial charge on any atom is 0.0582 e. The van der Waals surface area contributed by atoms with Gasteiger partial charge in [-0.05, 0) is 32.1 Å². The third kappa shape index (κ3) is 2.80. The second kappa shape index (κ2) is 4.07. The second-order valence-electron chi connectivity index (χ2n) is 3.87. The molecule has 0 saturated heterocycles. The van der Waals surface area contributed by atoms with Crippen LogP contribution in [0.15, 0.2) is 0 Å². The molecule has 2 nitrogen and oxygen atoms in total. The molecule has 0 unspecified atom stereocenters. The zero-order chi connectivity index (χ0) is 8.27. The maximum atomic E-state index is 8.80. The number of hydrogen-bond donors (Lipinski definition) is 2. The summed E-state index contributed by atoms with van der Waals surface area (Å²) < 4.78 is 0. The van der Waals surface area contributed by atoms with Gasteiger partial charge in [0.15, 0.2) is 0 Å². The lowest BCUT2D eigenvalue weighted by molar-refractivity contribution is 0.240. The van der Waals surface area contributed by atoms with Crippen LogP contribution in [0.1, 0.15) is 33.1 Å². The summed E-state index contributed by atoms with van der Waals surface area (Å²) in [7, 11) is 0. The van der Waals surface area contributed by atoms with Gasteiger partial charge in [-0.25, -0.2) is 0 Å². The van der Waals surface area contributed by atoms with Crippen molar-refractivity contribution in [2.75, 3.05) is 6.61 Å². The van der Waals surface area contributed by atoms with Gasteiger partial charge in [-0.1, -0.05) is 6.92 Å². The van der Waals surface area contributed by atoms with Crippen LogP contribution in [0.2, 0.25) is 0 Å². The van der Waals surface area contributed by atoms with Gasteiger partial charge in [-0.3, -0.25) is 0 Å². The quantitative estimate of drug-likeness (QED) is 0.644. The first-order valence-corrected chi connectivity index (χ1v) is 4.59. The van der Waals surface area contributed by atoms with E-state index in [9.17, 15) is 0 Å². The average molecular weight is 157 g/mol. The van der Waals surface area contributed by atoms with Gasteiger partial charge in [0.1, 0.15) is 0 Å². The molecule has 0 spiro atoms. The highest BCUT2D eigenvalue weighted by Gasteiger charge is 2.21. The third-order valence-electron chi connectivity index (χ3n) is 2.49. The molecule has 1 aliphatic carbocycles. The van der Waals surface area contributed by atoms with Gasteiger partial charge in [0.25, 0.3) is 0 Å². The minimum Gasteiger partial charge on any atom is -0.395 e. The van der Waals surface area contributed by atoms with E-state index >= 15 is 0 Å². The molecular formula is C9H19NO. The molecule has 0 aromatic heterocycles. The highest BCUT2D eigenvalue weighted by Crippen LogP contribution is 2.24. The zero-order valence-electron chi connectivity index (χ0n) is 7.51. The van der Waals surface area contributed by atoms with Gasteiger partial charge in [-0.2, -0.15) is 0 Å². The molecule has 0 aliphatic heterocycles. The standard InChI is InChI=1S/C9H19NO/c1-7-3-4-9(5-7)10-8(2)6-11/h7-11H,3-6H2,1-2H3/t7-,8-,9+/m1/s1. The lowest BCUT2D eigenvalue weighted by Crippen LogP contribution is -2.37. The molecule has 66 valence electrons. The Hall–Kier alpha value is -0.0800.